The Morgan fingerprint density at radius 2 is 2.43 bits per heavy atom. The highest BCUT2D eigenvalue weighted by Crippen LogP contribution is 2.27. The summed E-state index contributed by atoms with van der Waals surface area (Å²) in [5, 5.41) is 22.5. The summed E-state index contributed by atoms with van der Waals surface area (Å²) in [6.45, 7) is 1.52. The smallest absolute Gasteiger partial charge is 0.320 e. The number of aromatic amines is 1. The third-order valence-corrected chi connectivity index (χ3v) is 3.90. The van der Waals surface area contributed by atoms with Crippen molar-refractivity contribution in [2.45, 2.75) is 19.1 Å². The molecule has 1 aliphatic heterocycles. The van der Waals surface area contributed by atoms with Crippen LogP contribution in [0.1, 0.15) is 12.1 Å². The molecule has 1 fully saturated rings. The zero-order valence-corrected chi connectivity index (χ0v) is 13.1. The van der Waals surface area contributed by atoms with Crippen molar-refractivity contribution in [1.29, 1.82) is 0 Å². The molecule has 2 amide bonds. The lowest BCUT2D eigenvalue weighted by atomic mass is 10.2. The summed E-state index contributed by atoms with van der Waals surface area (Å²) in [6, 6.07) is 1.48. The molecule has 1 aliphatic rings. The van der Waals surface area contributed by atoms with Crippen LogP contribution in [0, 0.1) is 0 Å². The average molecular weight is 320 g/mol. The van der Waals surface area contributed by atoms with E-state index in [2.05, 4.69) is 30.7 Å². The topological polar surface area (TPSA) is 115 Å². The molecule has 0 radical (unpaired) electrons. The number of pyridine rings is 1. The number of H-pyrrole nitrogens is 1. The maximum absolute atomic E-state index is 12.1. The number of anilines is 1. The normalized spacial score (nSPS) is 18.3. The van der Waals surface area contributed by atoms with Crippen LogP contribution in [-0.2, 0) is 6.61 Å². The summed E-state index contributed by atoms with van der Waals surface area (Å²) in [5.74, 6) is 0.707. The molecule has 3 rings (SSSR count). The summed E-state index contributed by atoms with van der Waals surface area (Å²) < 4.78 is 5.13. The van der Waals surface area contributed by atoms with Gasteiger partial charge in [0.05, 0.1) is 30.3 Å². The van der Waals surface area contributed by atoms with Crippen LogP contribution in [-0.4, -0.2) is 64.5 Å². The first-order valence-electron chi connectivity index (χ1n) is 7.39. The SMILES string of the molecule is COc1n[nH]c2cc(NC(=O)NC3CCN(C)C3)nc(CO)c12. The average Bonchev–Trinajstić information content (AvgIpc) is 3.12. The predicted molar refractivity (Wildman–Crippen MR) is 84.4 cm³/mol. The number of methoxy groups -OCH3 is 1. The minimum atomic E-state index is -0.312. The van der Waals surface area contributed by atoms with Crippen LogP contribution < -0.4 is 15.4 Å². The molecular formula is C14H20N6O3. The Kier molecular flexibility index (Phi) is 4.30. The quantitative estimate of drug-likeness (QED) is 0.643. The van der Waals surface area contributed by atoms with Crippen molar-refractivity contribution in [2.75, 3.05) is 32.6 Å². The molecule has 9 heteroatoms. The fourth-order valence-corrected chi connectivity index (χ4v) is 2.81. The zero-order chi connectivity index (χ0) is 16.4. The number of ether oxygens (including phenoxy) is 1. The fourth-order valence-electron chi connectivity index (χ4n) is 2.81. The van der Waals surface area contributed by atoms with Gasteiger partial charge in [0.2, 0.25) is 5.88 Å². The second-order valence-electron chi connectivity index (χ2n) is 5.61. The third-order valence-electron chi connectivity index (χ3n) is 3.90. The molecule has 0 saturated carbocycles. The van der Waals surface area contributed by atoms with Crippen molar-refractivity contribution >= 4 is 22.8 Å². The molecule has 1 unspecified atom stereocenters. The Morgan fingerprint density at radius 3 is 3.09 bits per heavy atom. The van der Waals surface area contributed by atoms with Gasteiger partial charge in [0, 0.05) is 18.7 Å². The standard InChI is InChI=1S/C14H20N6O3/c1-20-4-3-8(6-20)15-14(22)17-11-5-9-12(10(7-21)16-11)13(23-2)19-18-9/h5,8,21H,3-4,6-7H2,1-2H3,(H,18,19)(H2,15,16,17,22). The molecule has 9 nitrogen and oxygen atoms in total. The molecular weight excluding hydrogens is 300 g/mol. The van der Waals surface area contributed by atoms with Gasteiger partial charge < -0.3 is 20.1 Å². The number of carbonyl (C=O) groups excluding carboxylic acids is 1. The van der Waals surface area contributed by atoms with Crippen molar-refractivity contribution in [3.8, 4) is 5.88 Å². The minimum absolute atomic E-state index is 0.133. The highest BCUT2D eigenvalue weighted by atomic mass is 16.5. The number of aromatic nitrogens is 3. The summed E-state index contributed by atoms with van der Waals surface area (Å²) >= 11 is 0. The molecule has 3 heterocycles. The molecule has 2 aromatic heterocycles. The Hall–Kier alpha value is -2.39. The molecule has 2 aromatic rings. The summed E-state index contributed by atoms with van der Waals surface area (Å²) in [4.78, 5) is 18.5. The van der Waals surface area contributed by atoms with Crippen LogP contribution >= 0.6 is 0 Å². The Balaban J connectivity index is 1.76. The molecule has 0 spiro atoms. The van der Waals surface area contributed by atoms with E-state index in [4.69, 9.17) is 4.74 Å². The van der Waals surface area contributed by atoms with E-state index in [-0.39, 0.29) is 18.7 Å². The molecule has 1 atom stereocenters. The number of nitrogens with one attached hydrogen (secondary N) is 3. The first-order valence-corrected chi connectivity index (χ1v) is 7.39. The van der Waals surface area contributed by atoms with Crippen LogP contribution in [0.5, 0.6) is 5.88 Å². The van der Waals surface area contributed by atoms with E-state index < -0.39 is 0 Å². The van der Waals surface area contributed by atoms with Crippen LogP contribution in [0.3, 0.4) is 0 Å². The van der Waals surface area contributed by atoms with Crippen molar-refractivity contribution in [1.82, 2.24) is 25.4 Å². The van der Waals surface area contributed by atoms with Gasteiger partial charge in [-0.3, -0.25) is 10.4 Å². The Morgan fingerprint density at radius 1 is 1.61 bits per heavy atom. The van der Waals surface area contributed by atoms with Gasteiger partial charge in [-0.05, 0) is 20.0 Å². The summed E-state index contributed by atoms with van der Waals surface area (Å²) in [7, 11) is 3.52. The second-order valence-corrected chi connectivity index (χ2v) is 5.61. The Labute approximate surface area is 133 Å². The Bertz CT molecular complexity index is 716. The van der Waals surface area contributed by atoms with Gasteiger partial charge >= 0.3 is 6.03 Å². The number of urea groups is 1. The number of fused-ring (bicyclic) bond motifs is 1. The third kappa shape index (κ3) is 3.20. The number of hydrogen-bond acceptors (Lipinski definition) is 6. The fraction of sp³-hybridized carbons (Fsp3) is 0.500. The number of nitrogens with zero attached hydrogens (tertiary/aromatic N) is 3. The number of carbonyl (C=O) groups is 1. The van der Waals surface area contributed by atoms with Crippen molar-refractivity contribution in [2.24, 2.45) is 0 Å². The van der Waals surface area contributed by atoms with E-state index in [0.717, 1.165) is 19.5 Å². The van der Waals surface area contributed by atoms with Gasteiger partial charge in [0.15, 0.2) is 0 Å². The van der Waals surface area contributed by atoms with Crippen LogP contribution in [0.15, 0.2) is 6.07 Å². The van der Waals surface area contributed by atoms with Crippen molar-refractivity contribution in [3.63, 3.8) is 0 Å². The van der Waals surface area contributed by atoms with Crippen molar-refractivity contribution in [3.05, 3.63) is 11.8 Å². The van der Waals surface area contributed by atoms with Gasteiger partial charge in [0.25, 0.3) is 0 Å². The largest absolute Gasteiger partial charge is 0.479 e. The molecule has 0 aromatic carbocycles. The van der Waals surface area contributed by atoms with E-state index >= 15 is 0 Å². The molecule has 23 heavy (non-hydrogen) atoms. The molecule has 4 N–H and O–H groups in total. The lowest BCUT2D eigenvalue weighted by molar-refractivity contribution is 0.248. The lowest BCUT2D eigenvalue weighted by Crippen LogP contribution is -2.39. The van der Waals surface area contributed by atoms with Gasteiger partial charge in [-0.2, -0.15) is 0 Å². The molecule has 124 valence electrons. The number of amides is 2. The first kappa shape index (κ1) is 15.5. The van der Waals surface area contributed by atoms with E-state index in [1.165, 1.54) is 7.11 Å². The number of likely N-dealkylation sites (N-methyl/N-ethyl adjacent to an activating group) is 1. The predicted octanol–water partition coefficient (Wildman–Crippen LogP) is 0.284. The van der Waals surface area contributed by atoms with E-state index in [1.807, 2.05) is 7.05 Å². The van der Waals surface area contributed by atoms with Crippen LogP contribution in [0.2, 0.25) is 0 Å². The number of rotatable bonds is 4. The maximum Gasteiger partial charge on any atom is 0.320 e. The van der Waals surface area contributed by atoms with E-state index in [9.17, 15) is 9.90 Å². The van der Waals surface area contributed by atoms with Gasteiger partial charge in [-0.1, -0.05) is 0 Å². The summed E-state index contributed by atoms with van der Waals surface area (Å²) in [5.41, 5.74) is 1.03. The zero-order valence-electron chi connectivity index (χ0n) is 13.1. The van der Waals surface area contributed by atoms with Crippen LogP contribution in [0.4, 0.5) is 10.6 Å². The number of aliphatic hydroxyl groups is 1. The number of likely N-dealkylation sites (tertiary alicyclic amines) is 1. The van der Waals surface area contributed by atoms with Gasteiger partial charge in [-0.15, -0.1) is 5.10 Å². The lowest BCUT2D eigenvalue weighted by Gasteiger charge is -2.14. The number of hydrogen-bond donors (Lipinski definition) is 4. The van der Waals surface area contributed by atoms with Crippen LogP contribution in [0.25, 0.3) is 10.9 Å². The van der Waals surface area contributed by atoms with E-state index in [0.29, 0.717) is 28.3 Å². The number of aliphatic hydroxyl groups excluding tert-OH is 1. The van der Waals surface area contributed by atoms with Gasteiger partial charge in [0.1, 0.15) is 5.82 Å². The maximum atomic E-state index is 12.1. The first-order chi connectivity index (χ1) is 11.1. The summed E-state index contributed by atoms with van der Waals surface area (Å²) in [6.07, 6.45) is 0.927. The monoisotopic (exact) mass is 320 g/mol. The van der Waals surface area contributed by atoms with E-state index in [1.54, 1.807) is 6.07 Å². The second kappa shape index (κ2) is 6.39. The molecule has 0 bridgehead atoms. The minimum Gasteiger partial charge on any atom is -0.479 e. The van der Waals surface area contributed by atoms with Crippen molar-refractivity contribution < 1.29 is 14.6 Å². The van der Waals surface area contributed by atoms with Gasteiger partial charge in [-0.25, -0.2) is 9.78 Å². The highest BCUT2D eigenvalue weighted by molar-refractivity contribution is 5.93. The highest BCUT2D eigenvalue weighted by Gasteiger charge is 2.21. The molecule has 1 saturated heterocycles. The molecule has 0 aliphatic carbocycles.